The highest BCUT2D eigenvalue weighted by Gasteiger charge is 2.17. The molecular formula is C26H50NO6P. The molecule has 200 valence electrons. The van der Waals surface area contributed by atoms with Gasteiger partial charge in [0.2, 0.25) is 0 Å². The minimum absolute atomic E-state index is 0.0660. The predicted octanol–water partition coefficient (Wildman–Crippen LogP) is 7.06. The molecule has 0 bridgehead atoms. The second-order valence-corrected chi connectivity index (χ2v) is 9.52. The molecule has 0 aliphatic rings. The Morgan fingerprint density at radius 3 is 1.65 bits per heavy atom. The van der Waals surface area contributed by atoms with Gasteiger partial charge in [-0.1, -0.05) is 96.8 Å². The van der Waals surface area contributed by atoms with Crippen molar-refractivity contribution in [2.45, 2.75) is 135 Å². The highest BCUT2D eigenvalue weighted by atomic mass is 31.1. The average molecular weight is 504 g/mol. The number of nitrogens with two attached hydrogens (primary N) is 1. The van der Waals surface area contributed by atoms with E-state index in [1.807, 2.05) is 0 Å². The van der Waals surface area contributed by atoms with E-state index < -0.39 is 14.8 Å². The van der Waals surface area contributed by atoms with E-state index in [1.54, 1.807) is 0 Å². The Kier molecular flexibility index (Phi) is 25.8. The molecule has 7 nitrogen and oxygen atoms in total. The quantitative estimate of drug-likeness (QED) is 0.0765. The van der Waals surface area contributed by atoms with Crippen LogP contribution in [0, 0.1) is 0 Å². The maximum Gasteiger partial charge on any atom is 0.327 e. The molecule has 0 spiro atoms. The van der Waals surface area contributed by atoms with Crippen molar-refractivity contribution in [3.63, 3.8) is 0 Å². The van der Waals surface area contributed by atoms with Crippen molar-refractivity contribution in [3.05, 3.63) is 0 Å². The molecule has 34 heavy (non-hydrogen) atoms. The summed E-state index contributed by atoms with van der Waals surface area (Å²) in [5, 5.41) is 0. The summed E-state index contributed by atoms with van der Waals surface area (Å²) < 4.78 is 26.1. The topological polar surface area (TPSA) is 105 Å². The molecule has 0 aromatic carbocycles. The number of hydrogen-bond donors (Lipinski definition) is 1. The molecule has 0 rings (SSSR count). The summed E-state index contributed by atoms with van der Waals surface area (Å²) in [6, 6.07) is 0. The summed E-state index contributed by atoms with van der Waals surface area (Å²) in [5.41, 5.74) is 5.47. The molecule has 0 aromatic heterocycles. The number of carbonyl (C=O) groups excluding carboxylic acids is 2. The number of carbonyl (C=O) groups is 2. The fraction of sp³-hybridized carbons (Fsp3) is 0.923. The smallest absolute Gasteiger partial charge is 0.327 e. The highest BCUT2D eigenvalue weighted by molar-refractivity contribution is 7.17. The number of esters is 2. The van der Waals surface area contributed by atoms with Crippen molar-refractivity contribution in [2.75, 3.05) is 19.8 Å². The fourth-order valence-electron chi connectivity index (χ4n) is 3.79. The summed E-state index contributed by atoms with van der Waals surface area (Å²) in [6.45, 7) is 2.83. The number of hydrogen-bond acceptors (Lipinski definition) is 7. The van der Waals surface area contributed by atoms with Crippen LogP contribution in [0.5, 0.6) is 0 Å². The zero-order valence-corrected chi connectivity index (χ0v) is 22.5. The van der Waals surface area contributed by atoms with Crippen LogP contribution in [0.1, 0.15) is 129 Å². The van der Waals surface area contributed by atoms with Crippen molar-refractivity contribution in [2.24, 2.45) is 5.73 Å². The van der Waals surface area contributed by atoms with Crippen molar-refractivity contribution < 1.29 is 28.2 Å². The molecule has 0 radical (unpaired) electrons. The number of ether oxygens (including phenoxy) is 2. The van der Waals surface area contributed by atoms with E-state index in [0.717, 1.165) is 64.3 Å². The lowest BCUT2D eigenvalue weighted by Crippen LogP contribution is -2.28. The largest absolute Gasteiger partial charge is 0.462 e. The van der Waals surface area contributed by atoms with Gasteiger partial charge in [0.05, 0.1) is 0 Å². The van der Waals surface area contributed by atoms with Gasteiger partial charge in [0.15, 0.2) is 6.10 Å². The normalized spacial score (nSPS) is 12.1. The van der Waals surface area contributed by atoms with E-state index in [2.05, 4.69) is 6.92 Å². The molecular weight excluding hydrogens is 453 g/mol. The highest BCUT2D eigenvalue weighted by Crippen LogP contribution is 2.13. The molecule has 0 fully saturated rings. The zero-order valence-electron chi connectivity index (χ0n) is 21.6. The summed E-state index contributed by atoms with van der Waals surface area (Å²) in [4.78, 5) is 24.1. The van der Waals surface area contributed by atoms with Crippen molar-refractivity contribution in [1.82, 2.24) is 0 Å². The SMILES string of the molecule is CCCCCCCCCCCCCC(=O)O[C@@H](COP=O)COC(=O)CCCCCCCCN. The molecule has 0 saturated carbocycles. The van der Waals surface area contributed by atoms with Crippen LogP contribution in [0.2, 0.25) is 0 Å². The first kappa shape index (κ1) is 33.0. The van der Waals surface area contributed by atoms with Crippen LogP contribution in [0.15, 0.2) is 0 Å². The Hall–Kier alpha value is -1.04. The first-order chi connectivity index (χ1) is 16.6. The summed E-state index contributed by atoms with van der Waals surface area (Å²) in [5.74, 6) is -0.645. The van der Waals surface area contributed by atoms with Crippen LogP contribution in [0.25, 0.3) is 0 Å². The van der Waals surface area contributed by atoms with Gasteiger partial charge in [-0.3, -0.25) is 14.1 Å². The van der Waals surface area contributed by atoms with Gasteiger partial charge in [0, 0.05) is 12.8 Å². The molecule has 8 heteroatoms. The van der Waals surface area contributed by atoms with E-state index >= 15 is 0 Å². The van der Waals surface area contributed by atoms with Crippen molar-refractivity contribution >= 4 is 20.6 Å². The lowest BCUT2D eigenvalue weighted by molar-refractivity contribution is -0.160. The lowest BCUT2D eigenvalue weighted by Gasteiger charge is -2.16. The van der Waals surface area contributed by atoms with Gasteiger partial charge in [-0.15, -0.1) is 0 Å². The monoisotopic (exact) mass is 503 g/mol. The van der Waals surface area contributed by atoms with Crippen LogP contribution < -0.4 is 5.73 Å². The first-order valence-corrected chi connectivity index (χ1v) is 14.4. The Balaban J connectivity index is 3.84. The Morgan fingerprint density at radius 2 is 1.15 bits per heavy atom. The van der Waals surface area contributed by atoms with Gasteiger partial charge in [0.25, 0.3) is 0 Å². The number of rotatable bonds is 26. The number of unbranched alkanes of at least 4 members (excludes halogenated alkanes) is 15. The third kappa shape index (κ3) is 24.1. The first-order valence-electron chi connectivity index (χ1n) is 13.6. The Morgan fingerprint density at radius 1 is 0.676 bits per heavy atom. The fourth-order valence-corrected chi connectivity index (χ4v) is 4.01. The third-order valence-electron chi connectivity index (χ3n) is 5.86. The molecule has 0 amide bonds. The molecule has 2 N–H and O–H groups in total. The van der Waals surface area contributed by atoms with Crippen molar-refractivity contribution in [1.29, 1.82) is 0 Å². The predicted molar refractivity (Wildman–Crippen MR) is 137 cm³/mol. The zero-order chi connectivity index (χ0) is 25.1. The van der Waals surface area contributed by atoms with E-state index in [1.165, 1.54) is 51.4 Å². The van der Waals surface area contributed by atoms with E-state index in [9.17, 15) is 14.2 Å². The molecule has 0 heterocycles. The van der Waals surface area contributed by atoms with E-state index in [-0.39, 0.29) is 25.2 Å². The van der Waals surface area contributed by atoms with Crippen LogP contribution in [0.3, 0.4) is 0 Å². The van der Waals surface area contributed by atoms with Crippen molar-refractivity contribution in [3.8, 4) is 0 Å². The summed E-state index contributed by atoms with van der Waals surface area (Å²) in [7, 11) is -0.491. The third-order valence-corrected chi connectivity index (χ3v) is 6.12. The molecule has 0 aromatic rings. The van der Waals surface area contributed by atoms with Gasteiger partial charge >= 0.3 is 20.6 Å². The molecule has 1 atom stereocenters. The molecule has 0 saturated heterocycles. The van der Waals surface area contributed by atoms with Crippen LogP contribution in [0.4, 0.5) is 0 Å². The second-order valence-electron chi connectivity index (χ2n) is 9.11. The van der Waals surface area contributed by atoms with E-state index in [4.69, 9.17) is 19.7 Å². The Labute approximate surface area is 209 Å². The standard InChI is InChI=1S/C26H50NO6P/c1-2-3-4-5-6-7-8-9-10-14-17-20-26(29)33-24(23-32-34-30)22-31-25(28)19-16-13-11-12-15-18-21-27/h24H,2-23,27H2,1H3/t24-/m1/s1. The summed E-state index contributed by atoms with van der Waals surface area (Å²) >= 11 is 0. The van der Waals surface area contributed by atoms with Gasteiger partial charge < -0.3 is 15.2 Å². The maximum atomic E-state index is 12.1. The second kappa shape index (κ2) is 26.6. The maximum absolute atomic E-state index is 12.1. The summed E-state index contributed by atoms with van der Waals surface area (Å²) in [6.07, 6.45) is 19.5. The molecule has 0 aliphatic carbocycles. The van der Waals surface area contributed by atoms with Crippen LogP contribution in [-0.4, -0.2) is 37.8 Å². The van der Waals surface area contributed by atoms with Gasteiger partial charge in [0.1, 0.15) is 13.2 Å². The molecule has 0 aliphatic heterocycles. The van der Waals surface area contributed by atoms with Gasteiger partial charge in [-0.25, -0.2) is 4.57 Å². The Bertz CT molecular complexity index is 492. The molecule has 0 unspecified atom stereocenters. The average Bonchev–Trinajstić information content (AvgIpc) is 2.83. The van der Waals surface area contributed by atoms with Crippen LogP contribution >= 0.6 is 8.69 Å². The van der Waals surface area contributed by atoms with Crippen LogP contribution in [-0.2, 0) is 28.2 Å². The lowest BCUT2D eigenvalue weighted by atomic mass is 10.1. The minimum atomic E-state index is -0.734. The van der Waals surface area contributed by atoms with Gasteiger partial charge in [-0.05, 0) is 25.8 Å². The van der Waals surface area contributed by atoms with Gasteiger partial charge in [-0.2, -0.15) is 0 Å². The van der Waals surface area contributed by atoms with E-state index in [0.29, 0.717) is 12.8 Å². The minimum Gasteiger partial charge on any atom is -0.462 e.